The van der Waals surface area contributed by atoms with Gasteiger partial charge in [-0.15, -0.1) is 0 Å². The normalized spacial score (nSPS) is 19.3. The van der Waals surface area contributed by atoms with Gasteiger partial charge in [-0.2, -0.15) is 13.2 Å². The first-order valence-electron chi connectivity index (χ1n) is 13.6. The van der Waals surface area contributed by atoms with Crippen LogP contribution >= 0.6 is 15.9 Å². The Morgan fingerprint density at radius 1 is 1.00 bits per heavy atom. The van der Waals surface area contributed by atoms with E-state index < -0.39 is 40.5 Å². The van der Waals surface area contributed by atoms with Crippen molar-refractivity contribution in [2.75, 3.05) is 51.3 Å². The summed E-state index contributed by atoms with van der Waals surface area (Å²) >= 11 is 3.10. The van der Waals surface area contributed by atoms with Crippen LogP contribution in [0.15, 0.2) is 65.4 Å². The number of piperazine rings is 1. The summed E-state index contributed by atoms with van der Waals surface area (Å²) in [5.74, 6) is -1.18. The zero-order chi connectivity index (χ0) is 30.8. The van der Waals surface area contributed by atoms with Crippen molar-refractivity contribution >= 4 is 33.4 Å². The number of pyridine rings is 1. The van der Waals surface area contributed by atoms with Gasteiger partial charge in [-0.05, 0) is 59.1 Å². The van der Waals surface area contributed by atoms with E-state index in [0.29, 0.717) is 31.9 Å². The number of aromatic nitrogens is 1. The van der Waals surface area contributed by atoms with Gasteiger partial charge in [0.15, 0.2) is 0 Å². The molecular formula is C30H29BrF4N4O4. The first-order chi connectivity index (χ1) is 20.5. The second kappa shape index (κ2) is 12.4. The second-order valence-electron chi connectivity index (χ2n) is 10.4. The molecule has 0 saturated carbocycles. The fourth-order valence-electron chi connectivity index (χ4n) is 5.57. The van der Waals surface area contributed by atoms with E-state index in [4.69, 9.17) is 9.47 Å². The minimum absolute atomic E-state index is 0.0633. The molecule has 3 aromatic rings. The second-order valence-corrected chi connectivity index (χ2v) is 11.2. The summed E-state index contributed by atoms with van der Waals surface area (Å²) in [5.41, 5.74) is -2.49. The van der Waals surface area contributed by atoms with Gasteiger partial charge in [0, 0.05) is 51.2 Å². The van der Waals surface area contributed by atoms with Crippen molar-refractivity contribution in [3.8, 4) is 11.5 Å². The Morgan fingerprint density at radius 2 is 1.74 bits per heavy atom. The molecule has 5 rings (SSSR count). The van der Waals surface area contributed by atoms with Crippen LogP contribution in [0, 0.1) is 5.82 Å². The SMILES string of the molecule is COc1ccccc1N1CCN(C(=O)C2(Oc3ccc(Br)c(F)c3)CCCN(C(=O)c3cnccc3C(F)(F)F)C2)CC1. The molecule has 1 atom stereocenters. The van der Waals surface area contributed by atoms with Crippen molar-refractivity contribution in [1.82, 2.24) is 14.8 Å². The number of hydrogen-bond acceptors (Lipinski definition) is 6. The minimum atomic E-state index is -4.77. The lowest BCUT2D eigenvalue weighted by molar-refractivity contribution is -0.153. The van der Waals surface area contributed by atoms with Crippen LogP contribution < -0.4 is 14.4 Å². The zero-order valence-electron chi connectivity index (χ0n) is 23.2. The number of carbonyl (C=O) groups is 2. The van der Waals surface area contributed by atoms with E-state index in [1.165, 1.54) is 17.0 Å². The molecule has 0 aliphatic carbocycles. The molecule has 1 unspecified atom stereocenters. The molecule has 0 N–H and O–H groups in total. The number of methoxy groups -OCH3 is 1. The molecule has 0 radical (unpaired) electrons. The van der Waals surface area contributed by atoms with Crippen molar-refractivity contribution in [2.45, 2.75) is 24.6 Å². The maximum absolute atomic E-state index is 14.4. The molecule has 43 heavy (non-hydrogen) atoms. The van der Waals surface area contributed by atoms with Crippen LogP contribution in [-0.4, -0.2) is 78.6 Å². The van der Waals surface area contributed by atoms with Gasteiger partial charge in [-0.1, -0.05) is 12.1 Å². The molecule has 13 heteroatoms. The van der Waals surface area contributed by atoms with Crippen LogP contribution in [0.25, 0.3) is 0 Å². The highest BCUT2D eigenvalue weighted by Gasteiger charge is 2.49. The molecule has 2 aromatic carbocycles. The lowest BCUT2D eigenvalue weighted by Crippen LogP contribution is -2.64. The Hall–Kier alpha value is -3.87. The lowest BCUT2D eigenvalue weighted by atomic mass is 9.89. The smallest absolute Gasteiger partial charge is 0.417 e. The summed E-state index contributed by atoms with van der Waals surface area (Å²) in [7, 11) is 1.59. The van der Waals surface area contributed by atoms with E-state index in [-0.39, 0.29) is 36.2 Å². The molecule has 2 amide bonds. The third-order valence-corrected chi connectivity index (χ3v) is 8.33. The van der Waals surface area contributed by atoms with E-state index >= 15 is 0 Å². The first-order valence-corrected chi connectivity index (χ1v) is 14.4. The largest absolute Gasteiger partial charge is 0.495 e. The van der Waals surface area contributed by atoms with Crippen LogP contribution in [-0.2, 0) is 11.0 Å². The standard InChI is InChI=1S/C30H29BrF4N4O4/c1-42-26-6-3-2-5-25(26)37-13-15-38(16-14-37)28(41)29(43-20-7-8-23(31)24(32)17-20)10-4-12-39(19-29)27(40)21-18-36-11-9-22(21)30(33,34)35/h2-3,5-9,11,17-18H,4,10,12-16,19H2,1H3. The topological polar surface area (TPSA) is 75.2 Å². The fraction of sp³-hybridized carbons (Fsp3) is 0.367. The van der Waals surface area contributed by atoms with Gasteiger partial charge in [0.1, 0.15) is 17.3 Å². The number of rotatable bonds is 6. The van der Waals surface area contributed by atoms with E-state index in [9.17, 15) is 27.2 Å². The Morgan fingerprint density at radius 3 is 2.44 bits per heavy atom. The Labute approximate surface area is 254 Å². The molecule has 8 nitrogen and oxygen atoms in total. The van der Waals surface area contributed by atoms with E-state index in [1.807, 2.05) is 24.3 Å². The number of benzene rings is 2. The molecular weight excluding hydrogens is 636 g/mol. The molecule has 3 heterocycles. The first kappa shape index (κ1) is 30.6. The summed E-state index contributed by atoms with van der Waals surface area (Å²) in [5, 5.41) is 0. The van der Waals surface area contributed by atoms with Gasteiger partial charge in [0.05, 0.1) is 34.9 Å². The molecule has 0 bridgehead atoms. The van der Waals surface area contributed by atoms with Crippen LogP contribution in [0.1, 0.15) is 28.8 Å². The Bertz CT molecular complexity index is 1500. The molecule has 0 spiro atoms. The number of piperidine rings is 1. The van der Waals surface area contributed by atoms with Crippen molar-refractivity contribution in [2.24, 2.45) is 0 Å². The Kier molecular flexibility index (Phi) is 8.81. The number of halogens is 5. The average Bonchev–Trinajstić information content (AvgIpc) is 3.02. The van der Waals surface area contributed by atoms with Crippen molar-refractivity contribution < 1.29 is 36.6 Å². The maximum Gasteiger partial charge on any atom is 0.417 e. The summed E-state index contributed by atoms with van der Waals surface area (Å²) in [6.07, 6.45) is -2.47. The number of amides is 2. The van der Waals surface area contributed by atoms with Gasteiger partial charge in [0.2, 0.25) is 5.60 Å². The summed E-state index contributed by atoms with van der Waals surface area (Å²) in [4.78, 5) is 36.4. The highest BCUT2D eigenvalue weighted by molar-refractivity contribution is 9.10. The number of anilines is 1. The van der Waals surface area contributed by atoms with Crippen LogP contribution in [0.3, 0.4) is 0 Å². The highest BCUT2D eigenvalue weighted by Crippen LogP contribution is 2.36. The van der Waals surface area contributed by atoms with Gasteiger partial charge in [-0.3, -0.25) is 14.6 Å². The Balaban J connectivity index is 1.43. The lowest BCUT2D eigenvalue weighted by Gasteiger charge is -2.45. The quantitative estimate of drug-likeness (QED) is 0.328. The van der Waals surface area contributed by atoms with Gasteiger partial charge < -0.3 is 24.2 Å². The molecule has 2 aliphatic heterocycles. The van der Waals surface area contributed by atoms with Crippen LogP contribution in [0.5, 0.6) is 11.5 Å². The predicted molar refractivity (Wildman–Crippen MR) is 154 cm³/mol. The third kappa shape index (κ3) is 6.41. The van der Waals surface area contributed by atoms with Gasteiger partial charge in [-0.25, -0.2) is 4.39 Å². The van der Waals surface area contributed by atoms with Gasteiger partial charge in [0.25, 0.3) is 11.8 Å². The van der Waals surface area contributed by atoms with E-state index in [0.717, 1.165) is 30.2 Å². The molecule has 2 saturated heterocycles. The summed E-state index contributed by atoms with van der Waals surface area (Å²) < 4.78 is 67.5. The van der Waals surface area contributed by atoms with E-state index in [1.54, 1.807) is 12.0 Å². The van der Waals surface area contributed by atoms with E-state index in [2.05, 4.69) is 25.8 Å². The molecule has 2 aliphatic rings. The number of para-hydroxylation sites is 2. The van der Waals surface area contributed by atoms with Crippen LogP contribution in [0.2, 0.25) is 0 Å². The van der Waals surface area contributed by atoms with Crippen molar-refractivity contribution in [3.63, 3.8) is 0 Å². The molecule has 1 aromatic heterocycles. The average molecular weight is 665 g/mol. The summed E-state index contributed by atoms with van der Waals surface area (Å²) in [6.45, 7) is 1.42. The zero-order valence-corrected chi connectivity index (χ0v) is 24.8. The monoisotopic (exact) mass is 664 g/mol. The van der Waals surface area contributed by atoms with Gasteiger partial charge >= 0.3 is 6.18 Å². The number of nitrogens with zero attached hydrogens (tertiary/aromatic N) is 4. The minimum Gasteiger partial charge on any atom is -0.495 e. The van der Waals surface area contributed by atoms with Crippen LogP contribution in [0.4, 0.5) is 23.2 Å². The number of likely N-dealkylation sites (tertiary alicyclic amines) is 1. The van der Waals surface area contributed by atoms with Crippen molar-refractivity contribution in [3.05, 3.63) is 82.3 Å². The predicted octanol–water partition coefficient (Wildman–Crippen LogP) is 5.41. The number of alkyl halides is 3. The molecule has 2 fully saturated rings. The third-order valence-electron chi connectivity index (χ3n) is 7.69. The fourth-order valence-corrected chi connectivity index (χ4v) is 5.82. The maximum atomic E-state index is 14.4. The number of hydrogen-bond donors (Lipinski definition) is 0. The highest BCUT2D eigenvalue weighted by atomic mass is 79.9. The number of carbonyl (C=O) groups excluding carboxylic acids is 2. The van der Waals surface area contributed by atoms with Crippen molar-refractivity contribution in [1.29, 1.82) is 0 Å². The summed E-state index contributed by atoms with van der Waals surface area (Å²) in [6, 6.07) is 12.4. The number of ether oxygens (including phenoxy) is 2. The molecule has 228 valence electrons.